The quantitative estimate of drug-likeness (QED) is 0.240. The first-order chi connectivity index (χ1) is 12.9. The number of para-hydroxylation sites is 1. The lowest BCUT2D eigenvalue weighted by molar-refractivity contribution is -0.132. The van der Waals surface area contributed by atoms with E-state index in [2.05, 4.69) is 5.43 Å². The molecule has 0 aromatic heterocycles. The van der Waals surface area contributed by atoms with Crippen molar-refractivity contribution in [2.75, 3.05) is 12.1 Å². The number of amides is 2. The molecule has 1 saturated heterocycles. The van der Waals surface area contributed by atoms with Crippen LogP contribution in [0.2, 0.25) is 0 Å². The number of carbonyl (C=O) groups excluding carboxylic acids is 3. The van der Waals surface area contributed by atoms with Gasteiger partial charge in [-0.1, -0.05) is 18.2 Å². The van der Waals surface area contributed by atoms with Crippen LogP contribution in [0, 0.1) is 3.57 Å². The van der Waals surface area contributed by atoms with Crippen LogP contribution in [0.4, 0.5) is 5.69 Å². The molecule has 1 N–H and O–H groups in total. The van der Waals surface area contributed by atoms with Gasteiger partial charge in [0.2, 0.25) is 0 Å². The summed E-state index contributed by atoms with van der Waals surface area (Å²) in [6.07, 6.45) is 1.48. The highest BCUT2D eigenvalue weighted by Gasteiger charge is 2.34. The van der Waals surface area contributed by atoms with Gasteiger partial charge in [-0.25, -0.2) is 5.01 Å². The summed E-state index contributed by atoms with van der Waals surface area (Å²) in [5.74, 6) is -0.803. The molecule has 1 aliphatic heterocycles. The molecule has 0 spiro atoms. The van der Waals surface area contributed by atoms with Crippen molar-refractivity contribution in [2.24, 2.45) is 0 Å². The van der Waals surface area contributed by atoms with Gasteiger partial charge in [0.15, 0.2) is 11.5 Å². The number of hydrogen-bond donors (Lipinski definition) is 1. The maximum absolute atomic E-state index is 12.6. The van der Waals surface area contributed by atoms with E-state index in [0.717, 1.165) is 0 Å². The first-order valence-corrected chi connectivity index (χ1v) is 8.96. The second-order valence-electron chi connectivity index (χ2n) is 5.60. The molecule has 0 bridgehead atoms. The molecular formula is C19H15IN2O5. The van der Waals surface area contributed by atoms with Gasteiger partial charge in [-0.05, 0) is 58.5 Å². The van der Waals surface area contributed by atoms with Crippen molar-refractivity contribution in [1.82, 2.24) is 5.43 Å². The van der Waals surface area contributed by atoms with E-state index in [9.17, 15) is 14.4 Å². The third kappa shape index (κ3) is 3.95. The number of carbonyl (C=O) groups is 3. The van der Waals surface area contributed by atoms with Crippen molar-refractivity contribution in [3.63, 3.8) is 0 Å². The van der Waals surface area contributed by atoms with E-state index in [1.165, 1.54) is 25.1 Å². The van der Waals surface area contributed by atoms with Crippen LogP contribution in [0.25, 0.3) is 6.08 Å². The Morgan fingerprint density at radius 1 is 1.19 bits per heavy atom. The summed E-state index contributed by atoms with van der Waals surface area (Å²) < 4.78 is 11.0. The van der Waals surface area contributed by atoms with Crippen LogP contribution in [-0.4, -0.2) is 24.9 Å². The number of benzene rings is 2. The second-order valence-corrected chi connectivity index (χ2v) is 6.76. The molecule has 1 aliphatic rings. The molecule has 2 aromatic rings. The van der Waals surface area contributed by atoms with Gasteiger partial charge in [0, 0.05) is 6.92 Å². The van der Waals surface area contributed by atoms with E-state index >= 15 is 0 Å². The highest BCUT2D eigenvalue weighted by atomic mass is 127. The summed E-state index contributed by atoms with van der Waals surface area (Å²) in [7, 11) is 1.44. The number of methoxy groups -OCH3 is 1. The Kier molecular flexibility index (Phi) is 5.45. The van der Waals surface area contributed by atoms with E-state index in [1.807, 2.05) is 28.7 Å². The Hall–Kier alpha value is -2.88. The largest absolute Gasteiger partial charge is 0.493 e. The molecule has 3 rings (SSSR count). The summed E-state index contributed by atoms with van der Waals surface area (Å²) in [5.41, 5.74) is 3.68. The number of halogens is 1. The molecule has 8 heteroatoms. The van der Waals surface area contributed by atoms with E-state index in [1.54, 1.807) is 36.4 Å². The molecule has 0 atom stereocenters. The van der Waals surface area contributed by atoms with Crippen molar-refractivity contribution in [1.29, 1.82) is 0 Å². The Morgan fingerprint density at radius 3 is 2.52 bits per heavy atom. The number of anilines is 1. The lowest BCUT2D eigenvalue weighted by Gasteiger charge is -2.14. The smallest absolute Gasteiger partial charge is 0.308 e. The van der Waals surface area contributed by atoms with E-state index in [-0.39, 0.29) is 5.57 Å². The SMILES string of the molecule is COc1cc(C=C2C(=O)NN(c3ccccc3)C2=O)cc(I)c1OC(C)=O. The van der Waals surface area contributed by atoms with E-state index < -0.39 is 17.8 Å². The van der Waals surface area contributed by atoms with E-state index in [0.29, 0.717) is 26.3 Å². The van der Waals surface area contributed by atoms with E-state index in [4.69, 9.17) is 9.47 Å². The van der Waals surface area contributed by atoms with Crippen molar-refractivity contribution in [2.45, 2.75) is 6.92 Å². The van der Waals surface area contributed by atoms with Gasteiger partial charge in [-0.3, -0.25) is 19.8 Å². The monoisotopic (exact) mass is 478 g/mol. The fourth-order valence-corrected chi connectivity index (χ4v) is 3.28. The first kappa shape index (κ1) is 18.9. The summed E-state index contributed by atoms with van der Waals surface area (Å²) in [6, 6.07) is 12.1. The Balaban J connectivity index is 1.96. The van der Waals surface area contributed by atoms with Gasteiger partial charge in [-0.2, -0.15) is 0 Å². The molecule has 1 heterocycles. The molecule has 2 aromatic carbocycles. The van der Waals surface area contributed by atoms with Crippen molar-refractivity contribution in [3.05, 3.63) is 57.2 Å². The highest BCUT2D eigenvalue weighted by molar-refractivity contribution is 14.1. The van der Waals surface area contributed by atoms with Gasteiger partial charge in [0.1, 0.15) is 5.57 Å². The predicted molar refractivity (Wildman–Crippen MR) is 107 cm³/mol. The van der Waals surface area contributed by atoms with Gasteiger partial charge in [0.05, 0.1) is 16.4 Å². The normalized spacial score (nSPS) is 15.1. The highest BCUT2D eigenvalue weighted by Crippen LogP contribution is 2.35. The number of rotatable bonds is 4. The van der Waals surface area contributed by atoms with Crippen molar-refractivity contribution in [3.8, 4) is 11.5 Å². The third-order valence-corrected chi connectivity index (χ3v) is 4.52. The topological polar surface area (TPSA) is 84.9 Å². The molecule has 0 unspecified atom stereocenters. The van der Waals surface area contributed by atoms with Crippen LogP contribution in [0.15, 0.2) is 48.0 Å². The van der Waals surface area contributed by atoms with Crippen molar-refractivity contribution >= 4 is 52.1 Å². The average Bonchev–Trinajstić information content (AvgIpc) is 2.92. The number of nitrogens with zero attached hydrogens (tertiary/aromatic N) is 1. The predicted octanol–water partition coefficient (Wildman–Crippen LogP) is 2.69. The fourth-order valence-electron chi connectivity index (χ4n) is 2.55. The fraction of sp³-hybridized carbons (Fsp3) is 0.105. The number of nitrogens with one attached hydrogen (secondary N) is 1. The molecule has 1 fully saturated rings. The number of hydrogen-bond acceptors (Lipinski definition) is 5. The zero-order valence-corrected chi connectivity index (χ0v) is 16.6. The van der Waals surface area contributed by atoms with Crippen LogP contribution >= 0.6 is 22.6 Å². The molecular weight excluding hydrogens is 463 g/mol. The zero-order valence-electron chi connectivity index (χ0n) is 14.5. The second kappa shape index (κ2) is 7.78. The van der Waals surface area contributed by atoms with Gasteiger partial charge in [-0.15, -0.1) is 0 Å². The maximum Gasteiger partial charge on any atom is 0.308 e. The summed E-state index contributed by atoms with van der Waals surface area (Å²) >= 11 is 2.00. The molecule has 7 nitrogen and oxygen atoms in total. The number of ether oxygens (including phenoxy) is 2. The summed E-state index contributed by atoms with van der Waals surface area (Å²) in [5, 5.41) is 1.20. The minimum Gasteiger partial charge on any atom is -0.493 e. The lowest BCUT2D eigenvalue weighted by Crippen LogP contribution is -2.35. The molecule has 0 radical (unpaired) electrons. The maximum atomic E-state index is 12.6. The number of hydrazine groups is 1. The minimum absolute atomic E-state index is 0.00283. The molecule has 138 valence electrons. The van der Waals surface area contributed by atoms with Crippen LogP contribution in [0.3, 0.4) is 0 Å². The van der Waals surface area contributed by atoms with Gasteiger partial charge in [0.25, 0.3) is 11.8 Å². The van der Waals surface area contributed by atoms with Gasteiger partial charge < -0.3 is 9.47 Å². The Labute approximate surface area is 169 Å². The number of esters is 1. The van der Waals surface area contributed by atoms with Crippen LogP contribution in [0.5, 0.6) is 11.5 Å². The molecule has 0 aliphatic carbocycles. The Bertz CT molecular complexity index is 956. The molecule has 2 amide bonds. The van der Waals surface area contributed by atoms with Gasteiger partial charge >= 0.3 is 5.97 Å². The summed E-state index contributed by atoms with van der Waals surface area (Å²) in [6.45, 7) is 1.30. The van der Waals surface area contributed by atoms with Crippen LogP contribution < -0.4 is 19.9 Å². The third-order valence-electron chi connectivity index (χ3n) is 3.71. The molecule has 0 saturated carbocycles. The Morgan fingerprint density at radius 2 is 1.89 bits per heavy atom. The molecule has 27 heavy (non-hydrogen) atoms. The standard InChI is InChI=1S/C19H15IN2O5/c1-11(23)27-17-15(20)9-12(10-16(17)26-2)8-14-18(24)21-22(19(14)25)13-6-4-3-5-7-13/h3-10H,1-2H3,(H,21,24). The minimum atomic E-state index is -0.498. The first-order valence-electron chi connectivity index (χ1n) is 7.89. The average molecular weight is 478 g/mol. The lowest BCUT2D eigenvalue weighted by atomic mass is 10.1. The zero-order chi connectivity index (χ0) is 19.6. The summed E-state index contributed by atoms with van der Waals surface area (Å²) in [4.78, 5) is 36.2. The van der Waals surface area contributed by atoms with Crippen molar-refractivity contribution < 1.29 is 23.9 Å². The van der Waals surface area contributed by atoms with Crippen LogP contribution in [-0.2, 0) is 14.4 Å². The van der Waals surface area contributed by atoms with Crippen LogP contribution in [0.1, 0.15) is 12.5 Å².